The number of nitrogen functional groups attached to an aromatic ring is 1. The molecule has 0 aliphatic carbocycles. The molecule has 1 aromatic carbocycles. The number of carbonyl (C=O) groups is 2. The summed E-state index contributed by atoms with van der Waals surface area (Å²) in [6.07, 6.45) is 2.96. The Morgan fingerprint density at radius 2 is 2.00 bits per heavy atom. The average molecular weight is 290 g/mol. The molecule has 5 nitrogen and oxygen atoms in total. The topological polar surface area (TPSA) is 83.6 Å². The van der Waals surface area contributed by atoms with Crippen molar-refractivity contribution >= 4 is 17.6 Å². The summed E-state index contributed by atoms with van der Waals surface area (Å²) in [6, 6.07) is 7.60. The normalized spacial score (nSPS) is 15.9. The number of nitrogens with two attached hydrogens (primary N) is 1. The number of carboxylic acid groups (broad SMARTS) is 1. The van der Waals surface area contributed by atoms with Crippen molar-refractivity contribution in [3.8, 4) is 0 Å². The Bertz CT molecular complexity index is 508. The van der Waals surface area contributed by atoms with Gasteiger partial charge < -0.3 is 15.7 Å². The number of benzene rings is 1. The minimum atomic E-state index is -0.749. The highest BCUT2D eigenvalue weighted by Crippen LogP contribution is 2.21. The van der Waals surface area contributed by atoms with E-state index in [4.69, 9.17) is 10.8 Å². The Kier molecular flexibility index (Phi) is 5.20. The second-order valence-corrected chi connectivity index (χ2v) is 5.67. The van der Waals surface area contributed by atoms with Gasteiger partial charge in [-0.2, -0.15) is 0 Å². The van der Waals surface area contributed by atoms with Crippen LogP contribution in [0.25, 0.3) is 0 Å². The molecule has 0 saturated carbocycles. The molecule has 5 heteroatoms. The van der Waals surface area contributed by atoms with Crippen LogP contribution in [0, 0.1) is 5.92 Å². The monoisotopic (exact) mass is 290 g/mol. The van der Waals surface area contributed by atoms with E-state index in [1.807, 2.05) is 29.2 Å². The molecule has 0 spiro atoms. The summed E-state index contributed by atoms with van der Waals surface area (Å²) in [6.45, 7) is 1.35. The highest BCUT2D eigenvalue weighted by Gasteiger charge is 2.23. The van der Waals surface area contributed by atoms with Gasteiger partial charge in [0.25, 0.3) is 0 Å². The summed E-state index contributed by atoms with van der Waals surface area (Å²) >= 11 is 0. The van der Waals surface area contributed by atoms with Crippen molar-refractivity contribution < 1.29 is 14.7 Å². The molecule has 1 fully saturated rings. The lowest BCUT2D eigenvalue weighted by Gasteiger charge is -2.31. The first-order valence-corrected chi connectivity index (χ1v) is 7.38. The van der Waals surface area contributed by atoms with Crippen LogP contribution in [0.5, 0.6) is 0 Å². The van der Waals surface area contributed by atoms with Gasteiger partial charge in [0, 0.05) is 31.6 Å². The van der Waals surface area contributed by atoms with Gasteiger partial charge >= 0.3 is 5.97 Å². The first kappa shape index (κ1) is 15.4. The summed E-state index contributed by atoms with van der Waals surface area (Å²) in [5.41, 5.74) is 7.51. The number of aryl methyl sites for hydroxylation is 1. The smallest absolute Gasteiger partial charge is 0.303 e. The predicted molar refractivity (Wildman–Crippen MR) is 80.7 cm³/mol. The lowest BCUT2D eigenvalue weighted by atomic mass is 9.93. The molecule has 1 aliphatic rings. The van der Waals surface area contributed by atoms with Crippen LogP contribution in [0.1, 0.15) is 31.2 Å². The third-order valence-electron chi connectivity index (χ3n) is 4.01. The van der Waals surface area contributed by atoms with Crippen LogP contribution in [0.2, 0.25) is 0 Å². The van der Waals surface area contributed by atoms with Crippen LogP contribution in [0.4, 0.5) is 5.69 Å². The Balaban J connectivity index is 1.76. The summed E-state index contributed by atoms with van der Waals surface area (Å²) in [5.74, 6) is -0.395. The van der Waals surface area contributed by atoms with Crippen molar-refractivity contribution in [2.24, 2.45) is 5.92 Å². The van der Waals surface area contributed by atoms with Crippen molar-refractivity contribution in [2.75, 3.05) is 18.8 Å². The van der Waals surface area contributed by atoms with Crippen LogP contribution in [0.3, 0.4) is 0 Å². The van der Waals surface area contributed by atoms with Crippen molar-refractivity contribution in [1.82, 2.24) is 4.90 Å². The van der Waals surface area contributed by atoms with Gasteiger partial charge in [-0.1, -0.05) is 12.1 Å². The molecule has 1 aromatic rings. The SMILES string of the molecule is Nc1cccc(CCC(=O)N2CCC(CC(=O)O)CC2)c1. The zero-order valence-electron chi connectivity index (χ0n) is 12.1. The van der Waals surface area contributed by atoms with Gasteiger partial charge in [-0.3, -0.25) is 9.59 Å². The molecular weight excluding hydrogens is 268 g/mol. The summed E-state index contributed by atoms with van der Waals surface area (Å²) < 4.78 is 0. The number of piperidine rings is 1. The lowest BCUT2D eigenvalue weighted by molar-refractivity contribution is -0.138. The van der Waals surface area contributed by atoms with Gasteiger partial charge in [-0.05, 0) is 42.9 Å². The minimum absolute atomic E-state index is 0.145. The van der Waals surface area contributed by atoms with Gasteiger partial charge in [0.2, 0.25) is 5.91 Å². The Labute approximate surface area is 124 Å². The standard InChI is InChI=1S/C16H22N2O3/c17-14-3-1-2-12(10-14)4-5-15(19)18-8-6-13(7-9-18)11-16(20)21/h1-3,10,13H,4-9,11,17H2,(H,20,21). The molecule has 1 aliphatic heterocycles. The minimum Gasteiger partial charge on any atom is -0.481 e. The lowest BCUT2D eigenvalue weighted by Crippen LogP contribution is -2.39. The maximum absolute atomic E-state index is 12.2. The Hall–Kier alpha value is -2.04. The van der Waals surface area contributed by atoms with Crippen LogP contribution in [-0.4, -0.2) is 35.0 Å². The number of carbonyl (C=O) groups excluding carboxylic acids is 1. The van der Waals surface area contributed by atoms with Crippen LogP contribution >= 0.6 is 0 Å². The molecule has 0 bridgehead atoms. The number of hydrogen-bond acceptors (Lipinski definition) is 3. The van der Waals surface area contributed by atoms with Gasteiger partial charge in [-0.25, -0.2) is 0 Å². The first-order chi connectivity index (χ1) is 10.0. The maximum atomic E-state index is 12.2. The molecule has 0 atom stereocenters. The second-order valence-electron chi connectivity index (χ2n) is 5.67. The van der Waals surface area contributed by atoms with Gasteiger partial charge in [0.1, 0.15) is 0 Å². The molecule has 2 rings (SSSR count). The number of rotatable bonds is 5. The van der Waals surface area contributed by atoms with E-state index in [0.717, 1.165) is 24.1 Å². The van der Waals surface area contributed by atoms with Crippen molar-refractivity contribution in [3.63, 3.8) is 0 Å². The fourth-order valence-corrected chi connectivity index (χ4v) is 2.79. The second kappa shape index (κ2) is 7.11. The first-order valence-electron chi connectivity index (χ1n) is 7.38. The molecule has 114 valence electrons. The highest BCUT2D eigenvalue weighted by molar-refractivity contribution is 5.76. The largest absolute Gasteiger partial charge is 0.481 e. The summed E-state index contributed by atoms with van der Waals surface area (Å²) in [7, 11) is 0. The molecule has 21 heavy (non-hydrogen) atoms. The third kappa shape index (κ3) is 4.77. The van der Waals surface area contributed by atoms with E-state index < -0.39 is 5.97 Å². The number of hydrogen-bond donors (Lipinski definition) is 2. The van der Waals surface area contributed by atoms with E-state index in [9.17, 15) is 9.59 Å². The predicted octanol–water partition coefficient (Wildman–Crippen LogP) is 1.91. The average Bonchev–Trinajstić information content (AvgIpc) is 2.45. The molecule has 1 heterocycles. The number of likely N-dealkylation sites (tertiary alicyclic amines) is 1. The molecule has 1 saturated heterocycles. The van der Waals surface area contributed by atoms with E-state index in [-0.39, 0.29) is 18.2 Å². The number of anilines is 1. The van der Waals surface area contributed by atoms with Crippen LogP contribution in [0.15, 0.2) is 24.3 Å². The quantitative estimate of drug-likeness (QED) is 0.811. The van der Waals surface area contributed by atoms with E-state index in [1.165, 1.54) is 0 Å². The fourth-order valence-electron chi connectivity index (χ4n) is 2.79. The Morgan fingerprint density at radius 3 is 2.62 bits per heavy atom. The maximum Gasteiger partial charge on any atom is 0.303 e. The van der Waals surface area contributed by atoms with Crippen molar-refractivity contribution in [2.45, 2.75) is 32.1 Å². The number of carboxylic acids is 1. The van der Waals surface area contributed by atoms with E-state index in [0.29, 0.717) is 25.9 Å². The number of amides is 1. The molecule has 0 aromatic heterocycles. The molecule has 3 N–H and O–H groups in total. The fraction of sp³-hybridized carbons (Fsp3) is 0.500. The number of aliphatic carboxylic acids is 1. The molecular formula is C16H22N2O3. The van der Waals surface area contributed by atoms with Gasteiger partial charge in [-0.15, -0.1) is 0 Å². The van der Waals surface area contributed by atoms with Gasteiger partial charge in [0.15, 0.2) is 0 Å². The summed E-state index contributed by atoms with van der Waals surface area (Å²) in [4.78, 5) is 24.7. The zero-order chi connectivity index (χ0) is 15.2. The highest BCUT2D eigenvalue weighted by atomic mass is 16.4. The van der Waals surface area contributed by atoms with E-state index in [1.54, 1.807) is 0 Å². The third-order valence-corrected chi connectivity index (χ3v) is 4.01. The van der Waals surface area contributed by atoms with Crippen LogP contribution < -0.4 is 5.73 Å². The molecule has 0 radical (unpaired) electrons. The Morgan fingerprint density at radius 1 is 1.29 bits per heavy atom. The number of nitrogens with zero attached hydrogens (tertiary/aromatic N) is 1. The zero-order valence-corrected chi connectivity index (χ0v) is 12.1. The van der Waals surface area contributed by atoms with Crippen molar-refractivity contribution in [1.29, 1.82) is 0 Å². The van der Waals surface area contributed by atoms with Crippen molar-refractivity contribution in [3.05, 3.63) is 29.8 Å². The molecule has 0 unspecified atom stereocenters. The van der Waals surface area contributed by atoms with E-state index in [2.05, 4.69) is 0 Å². The van der Waals surface area contributed by atoms with Crippen LogP contribution in [-0.2, 0) is 16.0 Å². The van der Waals surface area contributed by atoms with Gasteiger partial charge in [0.05, 0.1) is 0 Å². The van der Waals surface area contributed by atoms with E-state index >= 15 is 0 Å². The summed E-state index contributed by atoms with van der Waals surface area (Å²) in [5, 5.41) is 8.78. The molecule has 1 amide bonds.